The molecular formula is C32H30N6O3. The minimum Gasteiger partial charge on any atom is -0.497 e. The number of nitrogens with zero attached hydrogens (tertiary/aromatic N) is 4. The van der Waals surface area contributed by atoms with Gasteiger partial charge in [0.05, 0.1) is 19.1 Å². The second-order valence-electron chi connectivity index (χ2n) is 9.23. The zero-order valence-corrected chi connectivity index (χ0v) is 22.6. The molecule has 3 aromatic carbocycles. The molecule has 5 rings (SSSR count). The van der Waals surface area contributed by atoms with Crippen LogP contribution in [0.25, 0.3) is 23.0 Å². The van der Waals surface area contributed by atoms with Gasteiger partial charge in [-0.2, -0.15) is 5.10 Å². The normalized spacial score (nSPS) is 11.2. The van der Waals surface area contributed by atoms with Gasteiger partial charge in [0.2, 0.25) is 0 Å². The number of hydrogen-bond donors (Lipinski definition) is 2. The number of aromatic nitrogens is 4. The Balaban J connectivity index is 1.46. The maximum absolute atomic E-state index is 13.4. The number of aryl methyl sites for hydroxylation is 1. The lowest BCUT2D eigenvalue weighted by atomic mass is 10.1. The predicted octanol–water partition coefficient (Wildman–Crippen LogP) is 4.72. The zero-order valence-electron chi connectivity index (χ0n) is 22.6. The summed E-state index contributed by atoms with van der Waals surface area (Å²) in [5.41, 5.74) is 3.62. The topological polar surface area (TPSA) is 103 Å². The number of nitrogens with one attached hydrogen (secondary N) is 2. The predicted molar refractivity (Wildman–Crippen MR) is 157 cm³/mol. The van der Waals surface area contributed by atoms with E-state index in [0.29, 0.717) is 42.1 Å². The third kappa shape index (κ3) is 6.96. The maximum atomic E-state index is 13.4. The summed E-state index contributed by atoms with van der Waals surface area (Å²) in [6.45, 7) is 1.13. The molecule has 0 aliphatic heterocycles. The van der Waals surface area contributed by atoms with Gasteiger partial charge in [-0.15, -0.1) is 0 Å². The van der Waals surface area contributed by atoms with E-state index < -0.39 is 11.8 Å². The monoisotopic (exact) mass is 546 g/mol. The van der Waals surface area contributed by atoms with Crippen molar-refractivity contribution in [2.45, 2.75) is 13.0 Å². The van der Waals surface area contributed by atoms with E-state index in [9.17, 15) is 9.59 Å². The number of methoxy groups -OCH3 is 1. The molecule has 0 spiro atoms. The molecule has 0 bridgehead atoms. The third-order valence-corrected chi connectivity index (χ3v) is 6.39. The molecule has 0 saturated carbocycles. The second kappa shape index (κ2) is 13.1. The highest BCUT2D eigenvalue weighted by Crippen LogP contribution is 2.25. The molecule has 2 amide bonds. The molecule has 206 valence electrons. The van der Waals surface area contributed by atoms with Crippen molar-refractivity contribution in [3.63, 3.8) is 0 Å². The summed E-state index contributed by atoms with van der Waals surface area (Å²) < 4.78 is 8.91. The van der Waals surface area contributed by atoms with Gasteiger partial charge in [-0.25, -0.2) is 9.67 Å². The molecule has 0 unspecified atom stereocenters. The van der Waals surface area contributed by atoms with E-state index in [2.05, 4.69) is 15.6 Å². The van der Waals surface area contributed by atoms with Gasteiger partial charge in [0.15, 0.2) is 0 Å². The molecule has 9 nitrogen and oxygen atoms in total. The molecule has 2 N–H and O–H groups in total. The lowest BCUT2D eigenvalue weighted by molar-refractivity contribution is -0.117. The summed E-state index contributed by atoms with van der Waals surface area (Å²) in [5.74, 6) is -0.179. The number of hydrogen-bond acceptors (Lipinski definition) is 5. The van der Waals surface area contributed by atoms with E-state index in [0.717, 1.165) is 11.3 Å². The first-order chi connectivity index (χ1) is 20.1. The molecule has 9 heteroatoms. The van der Waals surface area contributed by atoms with Gasteiger partial charge < -0.3 is 19.9 Å². The van der Waals surface area contributed by atoms with Crippen LogP contribution in [0, 0.1) is 0 Å². The quantitative estimate of drug-likeness (QED) is 0.184. The van der Waals surface area contributed by atoms with E-state index in [1.807, 2.05) is 77.6 Å². The van der Waals surface area contributed by atoms with Gasteiger partial charge >= 0.3 is 0 Å². The Labute approximate surface area is 238 Å². The summed E-state index contributed by atoms with van der Waals surface area (Å²) in [6.07, 6.45) is 9.54. The fourth-order valence-corrected chi connectivity index (χ4v) is 4.25. The minimum absolute atomic E-state index is 0.109. The number of amides is 2. The van der Waals surface area contributed by atoms with Crippen LogP contribution in [0.2, 0.25) is 0 Å². The van der Waals surface area contributed by atoms with E-state index >= 15 is 0 Å². The van der Waals surface area contributed by atoms with Gasteiger partial charge in [-0.1, -0.05) is 48.5 Å². The number of para-hydroxylation sites is 1. The summed E-state index contributed by atoms with van der Waals surface area (Å²) >= 11 is 0. The number of imidazole rings is 1. The lowest BCUT2D eigenvalue weighted by Gasteiger charge is -2.12. The first-order valence-electron chi connectivity index (χ1n) is 13.2. The molecule has 2 aromatic heterocycles. The first kappa shape index (κ1) is 27.1. The largest absolute Gasteiger partial charge is 0.497 e. The van der Waals surface area contributed by atoms with Gasteiger partial charge in [-0.05, 0) is 48.9 Å². The lowest BCUT2D eigenvalue weighted by Crippen LogP contribution is -2.35. The maximum Gasteiger partial charge on any atom is 0.267 e. The number of benzene rings is 3. The van der Waals surface area contributed by atoms with Crippen LogP contribution in [0.4, 0.5) is 0 Å². The summed E-state index contributed by atoms with van der Waals surface area (Å²) in [4.78, 5) is 30.7. The second-order valence-corrected chi connectivity index (χ2v) is 9.23. The smallest absolute Gasteiger partial charge is 0.267 e. The number of carbonyl (C=O) groups is 2. The average Bonchev–Trinajstić information content (AvgIpc) is 3.70. The fourth-order valence-electron chi connectivity index (χ4n) is 4.25. The summed E-state index contributed by atoms with van der Waals surface area (Å²) in [5, 5.41) is 10.6. The van der Waals surface area contributed by atoms with E-state index in [1.165, 1.54) is 0 Å². The Morgan fingerprint density at radius 3 is 2.37 bits per heavy atom. The van der Waals surface area contributed by atoms with Crippen LogP contribution in [0.3, 0.4) is 0 Å². The van der Waals surface area contributed by atoms with Crippen molar-refractivity contribution in [3.05, 3.63) is 127 Å². The van der Waals surface area contributed by atoms with Crippen LogP contribution < -0.4 is 15.4 Å². The molecule has 0 atom stereocenters. The summed E-state index contributed by atoms with van der Waals surface area (Å²) in [6, 6.07) is 26.1. The van der Waals surface area contributed by atoms with Crippen LogP contribution in [0.5, 0.6) is 5.75 Å². The highest BCUT2D eigenvalue weighted by atomic mass is 16.5. The zero-order chi connectivity index (χ0) is 28.4. The number of carbonyl (C=O) groups excluding carboxylic acids is 2. The van der Waals surface area contributed by atoms with Crippen molar-refractivity contribution in [1.29, 1.82) is 0 Å². The fraction of sp³-hybridized carbons (Fsp3) is 0.125. The highest BCUT2D eigenvalue weighted by molar-refractivity contribution is 6.05. The Morgan fingerprint density at radius 2 is 1.68 bits per heavy atom. The SMILES string of the molecule is COc1ccc(C(=O)N/C(=C/c2cn(-c3ccccc3)nc2-c2ccccc2)C(=O)NCCCn2ccnc2)cc1. The highest BCUT2D eigenvalue weighted by Gasteiger charge is 2.18. The minimum atomic E-state index is -0.413. The Hall–Kier alpha value is -5.44. The first-order valence-corrected chi connectivity index (χ1v) is 13.2. The van der Waals surface area contributed by atoms with Gasteiger partial charge in [-0.3, -0.25) is 9.59 Å². The van der Waals surface area contributed by atoms with Gasteiger partial charge in [0, 0.05) is 48.4 Å². The molecule has 0 radical (unpaired) electrons. The van der Waals surface area contributed by atoms with Crippen molar-refractivity contribution in [3.8, 4) is 22.7 Å². The molecule has 5 aromatic rings. The average molecular weight is 547 g/mol. The van der Waals surface area contributed by atoms with E-state index in [-0.39, 0.29) is 5.70 Å². The van der Waals surface area contributed by atoms with Crippen molar-refractivity contribution in [2.75, 3.05) is 13.7 Å². The van der Waals surface area contributed by atoms with Crippen LogP contribution >= 0.6 is 0 Å². The van der Waals surface area contributed by atoms with Crippen molar-refractivity contribution >= 4 is 17.9 Å². The number of rotatable bonds is 11. The van der Waals surface area contributed by atoms with Crippen molar-refractivity contribution in [1.82, 2.24) is 30.0 Å². The van der Waals surface area contributed by atoms with Crippen LogP contribution in [-0.4, -0.2) is 44.8 Å². The van der Waals surface area contributed by atoms with E-state index in [4.69, 9.17) is 9.84 Å². The molecule has 2 heterocycles. The van der Waals surface area contributed by atoms with Crippen LogP contribution in [0.15, 0.2) is 116 Å². The number of ether oxygens (including phenoxy) is 1. The van der Waals surface area contributed by atoms with E-state index in [1.54, 1.807) is 54.7 Å². The molecular weight excluding hydrogens is 516 g/mol. The Bertz CT molecular complexity index is 1610. The van der Waals surface area contributed by atoms with Crippen LogP contribution in [0.1, 0.15) is 22.3 Å². The van der Waals surface area contributed by atoms with Crippen molar-refractivity contribution < 1.29 is 14.3 Å². The third-order valence-electron chi connectivity index (χ3n) is 6.39. The molecule has 0 saturated heterocycles. The van der Waals surface area contributed by atoms with Gasteiger partial charge in [0.1, 0.15) is 17.1 Å². The molecule has 0 aliphatic carbocycles. The Kier molecular flexibility index (Phi) is 8.66. The molecule has 0 aliphatic rings. The summed E-state index contributed by atoms with van der Waals surface area (Å²) in [7, 11) is 1.56. The molecule has 0 fully saturated rings. The van der Waals surface area contributed by atoms with Crippen LogP contribution in [-0.2, 0) is 11.3 Å². The van der Waals surface area contributed by atoms with Gasteiger partial charge in [0.25, 0.3) is 11.8 Å². The van der Waals surface area contributed by atoms with Crippen molar-refractivity contribution in [2.24, 2.45) is 0 Å². The molecule has 41 heavy (non-hydrogen) atoms. The standard InChI is InChI=1S/C32H30N6O3/c1-41-28-15-13-25(14-16-28)31(39)35-29(32(40)34-17-8-19-37-20-18-33-23-37)21-26-22-38(27-11-6-3-7-12-27)36-30(26)24-9-4-2-5-10-24/h2-7,9-16,18,20-23H,8,17,19H2,1H3,(H,34,40)(H,35,39)/b29-21+. The Morgan fingerprint density at radius 1 is 0.951 bits per heavy atom.